The molecular weight excluding hydrogens is 570 g/mol. The molecule has 3 atom stereocenters. The number of Topliss-reactive ketones (excluding diaryl/α,β-unsaturated/α-hetero) is 3. The minimum atomic E-state index is -1.69. The summed E-state index contributed by atoms with van der Waals surface area (Å²) < 4.78 is 16.8. The van der Waals surface area contributed by atoms with Crippen LogP contribution in [0, 0.1) is 5.41 Å². The molecule has 8 heteroatoms. The largest absolute Gasteiger partial charge is 0.493 e. The van der Waals surface area contributed by atoms with E-state index in [4.69, 9.17) is 14.2 Å². The average molecular weight is 600 g/mol. The van der Waals surface area contributed by atoms with Gasteiger partial charge in [-0.3, -0.25) is 19.2 Å². The molecule has 2 heterocycles. The number of fused-ring (bicyclic) bond motifs is 5. The van der Waals surface area contributed by atoms with Gasteiger partial charge >= 0.3 is 5.97 Å². The topological polar surface area (TPSA) is 99.2 Å². The van der Waals surface area contributed by atoms with Gasteiger partial charge in [-0.05, 0) is 42.0 Å². The second-order valence-electron chi connectivity index (χ2n) is 11.3. The van der Waals surface area contributed by atoms with Gasteiger partial charge in [0, 0.05) is 40.8 Å². The summed E-state index contributed by atoms with van der Waals surface area (Å²) in [7, 11) is 3.02. The molecule has 4 aromatic rings. The number of ketones is 3. The average Bonchev–Trinajstić information content (AvgIpc) is 3.50. The van der Waals surface area contributed by atoms with Crippen LogP contribution in [-0.4, -0.2) is 49.6 Å². The maximum atomic E-state index is 14.9. The zero-order valence-corrected chi connectivity index (χ0v) is 24.9. The van der Waals surface area contributed by atoms with Crippen molar-refractivity contribution in [3.05, 3.63) is 125 Å². The van der Waals surface area contributed by atoms with Crippen molar-refractivity contribution in [3.63, 3.8) is 0 Å². The highest BCUT2D eigenvalue weighted by Gasteiger charge is 2.72. The Balaban J connectivity index is 1.53. The molecule has 0 N–H and O–H groups in total. The lowest BCUT2D eigenvalue weighted by Gasteiger charge is -2.37. The lowest BCUT2D eigenvalue weighted by Crippen LogP contribution is -2.48. The Morgan fingerprint density at radius 2 is 1.44 bits per heavy atom. The highest BCUT2D eigenvalue weighted by Crippen LogP contribution is 2.62. The molecule has 1 fully saturated rings. The number of nitrogens with zero attached hydrogens (tertiary/aromatic N) is 1. The van der Waals surface area contributed by atoms with E-state index in [2.05, 4.69) is 0 Å². The molecule has 2 aliphatic heterocycles. The molecule has 0 aromatic heterocycles. The third kappa shape index (κ3) is 3.98. The fraction of sp³-hybridized carbons (Fsp3) is 0.189. The molecule has 7 rings (SSSR count). The molecule has 0 saturated carbocycles. The molecule has 0 amide bonds. The van der Waals surface area contributed by atoms with E-state index in [-0.39, 0.29) is 17.3 Å². The van der Waals surface area contributed by atoms with Crippen LogP contribution in [0.25, 0.3) is 6.08 Å². The first kappa shape index (κ1) is 28.3. The fourth-order valence-electron chi connectivity index (χ4n) is 7.44. The molecule has 1 aliphatic carbocycles. The predicted octanol–water partition coefficient (Wildman–Crippen LogP) is 5.95. The standard InChI is InChI=1S/C37H29NO7/c1-21(39)45-24-18-15-23(16-19-24)33(40)32-31(27-12-8-14-29(43-2)34(27)44-3)37(35(41)25-10-5-6-11-26(25)36(37)42)30-20-17-22-9-4-7-13-28(22)38(30)32/h4-20,30-32H,1-3H3/t30-,31+,32+/m0/s1. The van der Waals surface area contributed by atoms with Gasteiger partial charge in [0.05, 0.1) is 20.3 Å². The number of hydrogen-bond donors (Lipinski definition) is 0. The minimum absolute atomic E-state index is 0.300. The van der Waals surface area contributed by atoms with E-state index in [0.29, 0.717) is 39.5 Å². The number of anilines is 1. The number of methoxy groups -OCH3 is 2. The summed E-state index contributed by atoms with van der Waals surface area (Å²) in [6, 6.07) is 24.3. The monoisotopic (exact) mass is 599 g/mol. The van der Waals surface area contributed by atoms with Gasteiger partial charge in [-0.2, -0.15) is 0 Å². The molecule has 0 bridgehead atoms. The molecule has 45 heavy (non-hydrogen) atoms. The number of carbonyl (C=O) groups excluding carboxylic acids is 4. The Bertz CT molecular complexity index is 1890. The Morgan fingerprint density at radius 3 is 2.09 bits per heavy atom. The molecule has 1 spiro atoms. The Hall–Kier alpha value is -5.50. The lowest BCUT2D eigenvalue weighted by molar-refractivity contribution is -0.131. The third-order valence-electron chi connectivity index (χ3n) is 9.15. The summed E-state index contributed by atoms with van der Waals surface area (Å²) >= 11 is 0. The summed E-state index contributed by atoms with van der Waals surface area (Å²) in [5.41, 5.74) is 1.43. The zero-order chi connectivity index (χ0) is 31.5. The Labute approximate surface area is 259 Å². The number of hydrogen-bond acceptors (Lipinski definition) is 8. The van der Waals surface area contributed by atoms with Crippen LogP contribution in [0.5, 0.6) is 17.2 Å². The van der Waals surface area contributed by atoms with Crippen molar-refractivity contribution >= 4 is 35.1 Å². The van der Waals surface area contributed by atoms with Gasteiger partial charge in [-0.15, -0.1) is 0 Å². The van der Waals surface area contributed by atoms with Crippen molar-refractivity contribution < 1.29 is 33.4 Å². The van der Waals surface area contributed by atoms with Gasteiger partial charge in [0.1, 0.15) is 17.2 Å². The minimum Gasteiger partial charge on any atom is -0.493 e. The second-order valence-corrected chi connectivity index (χ2v) is 11.3. The van der Waals surface area contributed by atoms with Crippen LogP contribution in [0.15, 0.2) is 97.1 Å². The van der Waals surface area contributed by atoms with E-state index >= 15 is 0 Å². The normalized spacial score (nSPS) is 20.4. The number of carbonyl (C=O) groups is 4. The zero-order valence-electron chi connectivity index (χ0n) is 24.9. The first-order valence-corrected chi connectivity index (χ1v) is 14.6. The molecule has 0 radical (unpaired) electrons. The second kappa shape index (κ2) is 10.6. The summed E-state index contributed by atoms with van der Waals surface area (Å²) in [6.07, 6.45) is 3.79. The predicted molar refractivity (Wildman–Crippen MR) is 167 cm³/mol. The van der Waals surface area contributed by atoms with Gasteiger partial charge in [0.15, 0.2) is 28.8 Å². The van der Waals surface area contributed by atoms with Crippen LogP contribution in [0.3, 0.4) is 0 Å². The number of esters is 1. The number of ether oxygens (including phenoxy) is 3. The summed E-state index contributed by atoms with van der Waals surface area (Å²) in [4.78, 5) is 58.2. The van der Waals surface area contributed by atoms with Crippen LogP contribution in [-0.2, 0) is 4.79 Å². The van der Waals surface area contributed by atoms with Gasteiger partial charge in [0.25, 0.3) is 0 Å². The lowest BCUT2D eigenvalue weighted by atomic mass is 9.64. The van der Waals surface area contributed by atoms with Crippen molar-refractivity contribution in [3.8, 4) is 17.2 Å². The maximum Gasteiger partial charge on any atom is 0.308 e. The number of benzene rings is 4. The number of rotatable bonds is 6. The van der Waals surface area contributed by atoms with Gasteiger partial charge in [-0.25, -0.2) is 0 Å². The summed E-state index contributed by atoms with van der Waals surface area (Å²) in [5, 5.41) is 0. The summed E-state index contributed by atoms with van der Waals surface area (Å²) in [6.45, 7) is 1.30. The quantitative estimate of drug-likeness (QED) is 0.116. The highest BCUT2D eigenvalue weighted by molar-refractivity contribution is 6.32. The molecule has 1 saturated heterocycles. The van der Waals surface area contributed by atoms with Crippen LogP contribution in [0.1, 0.15) is 55.0 Å². The molecular formula is C37H29NO7. The van der Waals surface area contributed by atoms with E-state index in [1.165, 1.54) is 21.1 Å². The third-order valence-corrected chi connectivity index (χ3v) is 9.15. The van der Waals surface area contributed by atoms with Crippen molar-refractivity contribution in [2.75, 3.05) is 19.1 Å². The van der Waals surface area contributed by atoms with E-state index in [1.807, 2.05) is 41.3 Å². The Kier molecular flexibility index (Phi) is 6.66. The van der Waals surface area contributed by atoms with Crippen molar-refractivity contribution in [1.29, 1.82) is 0 Å². The molecule has 4 aromatic carbocycles. The fourth-order valence-corrected chi connectivity index (χ4v) is 7.44. The maximum absolute atomic E-state index is 14.9. The summed E-state index contributed by atoms with van der Waals surface area (Å²) in [5.74, 6) is -1.36. The van der Waals surface area contributed by atoms with E-state index < -0.39 is 29.4 Å². The first-order valence-electron chi connectivity index (χ1n) is 14.6. The SMILES string of the molecule is COc1cccc([C@@H]2[C@H](C(=O)c3ccc(OC(C)=O)cc3)N3c4ccccc4C=C[C@H]3C23C(=O)c2ccccc2C3=O)c1OC. The van der Waals surface area contributed by atoms with Crippen LogP contribution < -0.4 is 19.1 Å². The molecule has 0 unspecified atom stereocenters. The Morgan fingerprint density at radius 1 is 0.778 bits per heavy atom. The molecule has 3 aliphatic rings. The van der Waals surface area contributed by atoms with Crippen molar-refractivity contribution in [1.82, 2.24) is 0 Å². The van der Waals surface area contributed by atoms with Crippen LogP contribution >= 0.6 is 0 Å². The van der Waals surface area contributed by atoms with Crippen molar-refractivity contribution in [2.45, 2.75) is 24.9 Å². The first-order chi connectivity index (χ1) is 21.8. The van der Waals surface area contributed by atoms with Crippen LogP contribution in [0.4, 0.5) is 5.69 Å². The van der Waals surface area contributed by atoms with Gasteiger partial charge in [-0.1, -0.05) is 66.7 Å². The molecule has 8 nitrogen and oxygen atoms in total. The van der Waals surface area contributed by atoms with E-state index in [0.717, 1.165) is 11.3 Å². The van der Waals surface area contributed by atoms with E-state index in [1.54, 1.807) is 66.7 Å². The smallest absolute Gasteiger partial charge is 0.308 e. The van der Waals surface area contributed by atoms with E-state index in [9.17, 15) is 19.2 Å². The van der Waals surface area contributed by atoms with Crippen molar-refractivity contribution in [2.24, 2.45) is 5.41 Å². The van der Waals surface area contributed by atoms with Crippen LogP contribution in [0.2, 0.25) is 0 Å². The molecule has 224 valence electrons. The van der Waals surface area contributed by atoms with Gasteiger partial charge < -0.3 is 19.1 Å². The number of para-hydroxylation sites is 2. The van der Waals surface area contributed by atoms with Gasteiger partial charge in [0.2, 0.25) is 0 Å². The highest BCUT2D eigenvalue weighted by atomic mass is 16.5.